The lowest BCUT2D eigenvalue weighted by Gasteiger charge is -2.12. The third-order valence-corrected chi connectivity index (χ3v) is 5.09. The normalized spacial score (nSPS) is 11.5. The first-order valence-corrected chi connectivity index (χ1v) is 8.80. The van der Waals surface area contributed by atoms with Gasteiger partial charge in [0.15, 0.2) is 9.84 Å². The Morgan fingerprint density at radius 3 is 2.67 bits per heavy atom. The average molecular weight is 307 g/mol. The molecule has 0 amide bonds. The van der Waals surface area contributed by atoms with Gasteiger partial charge in [-0.2, -0.15) is 5.10 Å². The molecule has 0 saturated carbocycles. The fourth-order valence-corrected chi connectivity index (χ4v) is 3.22. The molecule has 0 aliphatic heterocycles. The van der Waals surface area contributed by atoms with Gasteiger partial charge in [-0.15, -0.1) is 0 Å². The summed E-state index contributed by atoms with van der Waals surface area (Å²) in [6.45, 7) is 5.17. The van der Waals surface area contributed by atoms with Crippen molar-refractivity contribution in [3.8, 4) is 0 Å². The molecule has 21 heavy (non-hydrogen) atoms. The molecule has 1 N–H and O–H groups in total. The number of sulfone groups is 1. The summed E-state index contributed by atoms with van der Waals surface area (Å²) in [7, 11) is -3.23. The van der Waals surface area contributed by atoms with Crippen LogP contribution in [-0.4, -0.2) is 24.0 Å². The number of aryl methyl sites for hydroxylation is 1. The fraction of sp³-hybridized carbons (Fsp3) is 0.400. The summed E-state index contributed by atoms with van der Waals surface area (Å²) in [6, 6.07) is 8.96. The van der Waals surface area contributed by atoms with E-state index in [1.165, 1.54) is 0 Å². The van der Waals surface area contributed by atoms with Crippen molar-refractivity contribution < 1.29 is 8.42 Å². The SMILES string of the molecule is CCCn1nccc1CNc1ccccc1S(=O)(=O)CC. The molecule has 5 nitrogen and oxygen atoms in total. The Balaban J connectivity index is 2.19. The van der Waals surface area contributed by atoms with Gasteiger partial charge in [0.25, 0.3) is 0 Å². The van der Waals surface area contributed by atoms with E-state index in [1.807, 2.05) is 16.8 Å². The number of aromatic nitrogens is 2. The van der Waals surface area contributed by atoms with Crippen LogP contribution in [0.3, 0.4) is 0 Å². The van der Waals surface area contributed by atoms with E-state index < -0.39 is 9.84 Å². The lowest BCUT2D eigenvalue weighted by molar-refractivity contribution is 0.578. The van der Waals surface area contributed by atoms with Gasteiger partial charge < -0.3 is 5.32 Å². The van der Waals surface area contributed by atoms with Crippen molar-refractivity contribution in [1.29, 1.82) is 0 Å². The lowest BCUT2D eigenvalue weighted by atomic mass is 10.3. The van der Waals surface area contributed by atoms with Crippen LogP contribution in [0.2, 0.25) is 0 Å². The van der Waals surface area contributed by atoms with Gasteiger partial charge in [0, 0.05) is 12.7 Å². The van der Waals surface area contributed by atoms with Crippen molar-refractivity contribution in [3.63, 3.8) is 0 Å². The second-order valence-electron chi connectivity index (χ2n) is 4.80. The zero-order valence-electron chi connectivity index (χ0n) is 12.4. The number of nitrogens with one attached hydrogen (secondary N) is 1. The van der Waals surface area contributed by atoms with Crippen LogP contribution in [0.15, 0.2) is 41.4 Å². The number of hydrogen-bond donors (Lipinski definition) is 1. The molecule has 1 heterocycles. The van der Waals surface area contributed by atoms with Gasteiger partial charge in [-0.25, -0.2) is 8.42 Å². The molecular formula is C15H21N3O2S. The smallest absolute Gasteiger partial charge is 0.180 e. The lowest BCUT2D eigenvalue weighted by Crippen LogP contribution is -2.12. The maximum Gasteiger partial charge on any atom is 0.180 e. The maximum atomic E-state index is 12.1. The first-order valence-electron chi connectivity index (χ1n) is 7.14. The van der Waals surface area contributed by atoms with Crippen LogP contribution in [0.5, 0.6) is 0 Å². The second kappa shape index (κ2) is 6.76. The van der Waals surface area contributed by atoms with Gasteiger partial charge in [0.2, 0.25) is 0 Å². The van der Waals surface area contributed by atoms with Crippen molar-refractivity contribution >= 4 is 15.5 Å². The van der Waals surface area contributed by atoms with E-state index in [9.17, 15) is 8.42 Å². The monoisotopic (exact) mass is 307 g/mol. The van der Waals surface area contributed by atoms with Crippen LogP contribution >= 0.6 is 0 Å². The highest BCUT2D eigenvalue weighted by molar-refractivity contribution is 7.91. The zero-order valence-corrected chi connectivity index (χ0v) is 13.2. The number of para-hydroxylation sites is 1. The summed E-state index contributed by atoms with van der Waals surface area (Å²) >= 11 is 0. The molecule has 0 aliphatic carbocycles. The minimum absolute atomic E-state index is 0.0967. The van der Waals surface area contributed by atoms with Crippen molar-refractivity contribution in [2.24, 2.45) is 0 Å². The largest absolute Gasteiger partial charge is 0.378 e. The number of nitrogens with zero attached hydrogens (tertiary/aromatic N) is 2. The van der Waals surface area contributed by atoms with Crippen LogP contribution in [0, 0.1) is 0 Å². The first-order chi connectivity index (χ1) is 10.1. The molecule has 2 aromatic rings. The highest BCUT2D eigenvalue weighted by Crippen LogP contribution is 2.22. The van der Waals surface area contributed by atoms with Crippen molar-refractivity contribution in [3.05, 3.63) is 42.2 Å². The standard InChI is InChI=1S/C15H21N3O2S/c1-3-11-18-13(9-10-17-18)12-16-14-7-5-6-8-15(14)21(19,20)4-2/h5-10,16H,3-4,11-12H2,1-2H3. The summed E-state index contributed by atoms with van der Waals surface area (Å²) in [4.78, 5) is 0.356. The maximum absolute atomic E-state index is 12.1. The molecule has 114 valence electrons. The summed E-state index contributed by atoms with van der Waals surface area (Å²) in [5, 5.41) is 7.48. The van der Waals surface area contributed by atoms with E-state index in [-0.39, 0.29) is 5.75 Å². The van der Waals surface area contributed by atoms with E-state index in [0.29, 0.717) is 17.1 Å². The van der Waals surface area contributed by atoms with Gasteiger partial charge in [-0.1, -0.05) is 26.0 Å². The third-order valence-electron chi connectivity index (χ3n) is 3.30. The van der Waals surface area contributed by atoms with E-state index >= 15 is 0 Å². The minimum atomic E-state index is -3.23. The molecule has 0 bridgehead atoms. The quantitative estimate of drug-likeness (QED) is 0.854. The van der Waals surface area contributed by atoms with Gasteiger partial charge in [-0.3, -0.25) is 4.68 Å². The molecule has 2 rings (SSSR count). The topological polar surface area (TPSA) is 64.0 Å². The predicted molar refractivity (Wildman–Crippen MR) is 84.0 cm³/mol. The van der Waals surface area contributed by atoms with Crippen LogP contribution in [-0.2, 0) is 22.9 Å². The summed E-state index contributed by atoms with van der Waals surface area (Å²) in [5.74, 6) is 0.0967. The third kappa shape index (κ3) is 3.64. The Bertz CT molecular complexity index is 692. The highest BCUT2D eigenvalue weighted by Gasteiger charge is 2.16. The number of benzene rings is 1. The minimum Gasteiger partial charge on any atom is -0.378 e. The molecule has 6 heteroatoms. The van der Waals surface area contributed by atoms with Crippen LogP contribution in [0.4, 0.5) is 5.69 Å². The van der Waals surface area contributed by atoms with E-state index in [2.05, 4.69) is 17.3 Å². The van der Waals surface area contributed by atoms with E-state index in [1.54, 1.807) is 31.3 Å². The molecule has 1 aromatic heterocycles. The molecule has 0 saturated heterocycles. The van der Waals surface area contributed by atoms with Crippen molar-refractivity contribution in [2.45, 2.75) is 38.3 Å². The van der Waals surface area contributed by atoms with Gasteiger partial charge >= 0.3 is 0 Å². The number of rotatable bonds is 7. The molecule has 0 spiro atoms. The van der Waals surface area contributed by atoms with Gasteiger partial charge in [0.1, 0.15) is 0 Å². The summed E-state index contributed by atoms with van der Waals surface area (Å²) in [5.41, 5.74) is 1.68. The Hall–Kier alpha value is -1.82. The Labute approximate surface area is 125 Å². The van der Waals surface area contributed by atoms with E-state index in [4.69, 9.17) is 0 Å². The van der Waals surface area contributed by atoms with Crippen LogP contribution in [0.1, 0.15) is 26.0 Å². The average Bonchev–Trinajstić information content (AvgIpc) is 2.93. The molecule has 0 radical (unpaired) electrons. The molecule has 1 aromatic carbocycles. The molecule has 0 unspecified atom stereocenters. The fourth-order valence-electron chi connectivity index (χ4n) is 2.15. The molecular weight excluding hydrogens is 286 g/mol. The first kappa shape index (κ1) is 15.6. The van der Waals surface area contributed by atoms with Gasteiger partial charge in [-0.05, 0) is 24.6 Å². The number of hydrogen-bond acceptors (Lipinski definition) is 4. The van der Waals surface area contributed by atoms with Crippen LogP contribution < -0.4 is 5.32 Å². The highest BCUT2D eigenvalue weighted by atomic mass is 32.2. The molecule has 0 atom stereocenters. The Morgan fingerprint density at radius 1 is 1.19 bits per heavy atom. The van der Waals surface area contributed by atoms with Crippen molar-refractivity contribution in [2.75, 3.05) is 11.1 Å². The van der Waals surface area contributed by atoms with Crippen LogP contribution in [0.25, 0.3) is 0 Å². The summed E-state index contributed by atoms with van der Waals surface area (Å²) < 4.78 is 26.1. The van der Waals surface area contributed by atoms with E-state index in [0.717, 1.165) is 18.7 Å². The van der Waals surface area contributed by atoms with Gasteiger partial charge in [0.05, 0.1) is 28.6 Å². The zero-order chi connectivity index (χ0) is 15.3. The Kier molecular flexibility index (Phi) is 5.01. The predicted octanol–water partition coefficient (Wildman–Crippen LogP) is 2.70. The van der Waals surface area contributed by atoms with Crippen molar-refractivity contribution in [1.82, 2.24) is 9.78 Å². The number of anilines is 1. The molecule has 0 fully saturated rings. The Morgan fingerprint density at radius 2 is 1.95 bits per heavy atom. The molecule has 0 aliphatic rings. The second-order valence-corrected chi connectivity index (χ2v) is 7.05. The summed E-state index contributed by atoms with van der Waals surface area (Å²) in [6.07, 6.45) is 2.77.